The lowest BCUT2D eigenvalue weighted by molar-refractivity contribution is 0.476. The number of ether oxygens (including phenoxy) is 1. The van der Waals surface area contributed by atoms with Crippen molar-refractivity contribution in [3.63, 3.8) is 0 Å². The summed E-state index contributed by atoms with van der Waals surface area (Å²) in [6.45, 7) is 3.99. The maximum atomic E-state index is 11.0. The minimum Gasteiger partial charge on any atom is -0.455 e. The van der Waals surface area contributed by atoms with E-state index in [-0.39, 0.29) is 5.56 Å². The summed E-state index contributed by atoms with van der Waals surface area (Å²) in [7, 11) is 0. The first-order valence-electron chi connectivity index (χ1n) is 4.94. The first kappa shape index (κ1) is 10.4. The fourth-order valence-corrected chi connectivity index (χ4v) is 1.54. The monoisotopic (exact) mass is 216 g/mol. The number of rotatable bonds is 2. The summed E-state index contributed by atoms with van der Waals surface area (Å²) in [5.41, 5.74) is 1.96. The summed E-state index contributed by atoms with van der Waals surface area (Å²) >= 11 is 0. The number of nitrogens with zero attached hydrogens (tertiary/aromatic N) is 1. The zero-order valence-electron chi connectivity index (χ0n) is 9.15. The van der Waals surface area contributed by atoms with Crippen molar-refractivity contribution in [3.8, 4) is 11.5 Å². The van der Waals surface area contributed by atoms with Crippen LogP contribution < -0.4 is 10.3 Å². The second-order valence-corrected chi connectivity index (χ2v) is 3.71. The third kappa shape index (κ3) is 2.48. The Morgan fingerprint density at radius 1 is 1.06 bits per heavy atom. The van der Waals surface area contributed by atoms with Crippen molar-refractivity contribution in [1.29, 1.82) is 0 Å². The molecule has 1 aromatic carbocycles. The van der Waals surface area contributed by atoms with Crippen LogP contribution in [0, 0.1) is 13.8 Å². The molecule has 0 aliphatic rings. The molecule has 0 fully saturated rings. The van der Waals surface area contributed by atoms with Gasteiger partial charge in [-0.3, -0.25) is 4.79 Å². The van der Waals surface area contributed by atoms with Crippen LogP contribution in [-0.2, 0) is 0 Å². The fourth-order valence-electron chi connectivity index (χ4n) is 1.54. The van der Waals surface area contributed by atoms with Crippen molar-refractivity contribution in [3.05, 3.63) is 51.9 Å². The molecule has 2 aromatic rings. The number of nitrogens with one attached hydrogen (secondary N) is 1. The third-order valence-corrected chi connectivity index (χ3v) is 2.07. The summed E-state index contributed by atoms with van der Waals surface area (Å²) in [5.74, 6) is 1.15. The maximum absolute atomic E-state index is 11.0. The number of hydrogen-bond donors (Lipinski definition) is 1. The fraction of sp³-hybridized carbons (Fsp3) is 0.167. The van der Waals surface area contributed by atoms with Gasteiger partial charge in [-0.25, -0.2) is 5.10 Å². The van der Waals surface area contributed by atoms with Crippen molar-refractivity contribution < 1.29 is 4.74 Å². The first-order valence-corrected chi connectivity index (χ1v) is 4.94. The smallest absolute Gasteiger partial charge is 0.267 e. The van der Waals surface area contributed by atoms with Gasteiger partial charge in [0.2, 0.25) is 0 Å². The Morgan fingerprint density at radius 3 is 2.38 bits per heavy atom. The van der Waals surface area contributed by atoms with E-state index in [4.69, 9.17) is 4.74 Å². The summed E-state index contributed by atoms with van der Waals surface area (Å²) in [4.78, 5) is 11.0. The quantitative estimate of drug-likeness (QED) is 0.837. The molecule has 2 rings (SSSR count). The first-order chi connectivity index (χ1) is 7.63. The number of aromatic amines is 1. The van der Waals surface area contributed by atoms with Crippen molar-refractivity contribution in [2.45, 2.75) is 13.8 Å². The van der Waals surface area contributed by atoms with E-state index in [9.17, 15) is 4.79 Å². The van der Waals surface area contributed by atoms with E-state index < -0.39 is 0 Å². The second kappa shape index (κ2) is 4.18. The topological polar surface area (TPSA) is 55.0 Å². The average molecular weight is 216 g/mol. The Labute approximate surface area is 92.9 Å². The number of aryl methyl sites for hydroxylation is 2. The standard InChI is InChI=1S/C12H12N2O2/c1-8-3-9(2)5-10(4-8)16-11-6-12(15)14-13-7-11/h3-7H,1-2H3,(H,14,15). The van der Waals surface area contributed by atoms with E-state index in [2.05, 4.69) is 16.3 Å². The van der Waals surface area contributed by atoms with Gasteiger partial charge in [-0.2, -0.15) is 5.10 Å². The Hall–Kier alpha value is -2.10. The molecule has 0 bridgehead atoms. The molecule has 0 saturated carbocycles. The highest BCUT2D eigenvalue weighted by atomic mass is 16.5. The van der Waals surface area contributed by atoms with Gasteiger partial charge >= 0.3 is 0 Å². The van der Waals surface area contributed by atoms with Crippen LogP contribution in [0.1, 0.15) is 11.1 Å². The molecule has 0 saturated heterocycles. The summed E-state index contributed by atoms with van der Waals surface area (Å²) in [5, 5.41) is 5.96. The average Bonchev–Trinajstić information content (AvgIpc) is 2.15. The summed E-state index contributed by atoms with van der Waals surface area (Å²) in [6, 6.07) is 7.25. The molecule has 0 radical (unpaired) electrons. The van der Waals surface area contributed by atoms with Crippen LogP contribution in [0.5, 0.6) is 11.5 Å². The number of hydrogen-bond acceptors (Lipinski definition) is 3. The Morgan fingerprint density at radius 2 is 1.75 bits per heavy atom. The van der Waals surface area contributed by atoms with Crippen molar-refractivity contribution in [1.82, 2.24) is 10.2 Å². The normalized spacial score (nSPS) is 10.1. The van der Waals surface area contributed by atoms with Crippen molar-refractivity contribution in [2.75, 3.05) is 0 Å². The van der Waals surface area contributed by atoms with Gasteiger partial charge in [-0.1, -0.05) is 6.07 Å². The van der Waals surface area contributed by atoms with Gasteiger partial charge in [0.1, 0.15) is 5.75 Å². The molecule has 0 atom stereocenters. The van der Waals surface area contributed by atoms with Gasteiger partial charge < -0.3 is 4.74 Å². The molecule has 16 heavy (non-hydrogen) atoms. The highest BCUT2D eigenvalue weighted by molar-refractivity contribution is 5.35. The Balaban J connectivity index is 2.30. The highest BCUT2D eigenvalue weighted by Gasteiger charge is 2.00. The van der Waals surface area contributed by atoms with Crippen LogP contribution >= 0.6 is 0 Å². The number of benzene rings is 1. The molecule has 1 N–H and O–H groups in total. The van der Waals surface area contributed by atoms with Gasteiger partial charge in [-0.05, 0) is 37.1 Å². The van der Waals surface area contributed by atoms with E-state index in [1.165, 1.54) is 12.3 Å². The van der Waals surface area contributed by atoms with Crippen LogP contribution in [-0.4, -0.2) is 10.2 Å². The van der Waals surface area contributed by atoms with Gasteiger partial charge in [-0.15, -0.1) is 0 Å². The number of aromatic nitrogens is 2. The molecule has 0 aliphatic carbocycles. The van der Waals surface area contributed by atoms with E-state index in [0.717, 1.165) is 11.1 Å². The predicted octanol–water partition coefficient (Wildman–Crippen LogP) is 2.18. The molecule has 82 valence electrons. The molecule has 1 heterocycles. The van der Waals surface area contributed by atoms with Crippen molar-refractivity contribution in [2.24, 2.45) is 0 Å². The minimum atomic E-state index is -0.276. The van der Waals surface area contributed by atoms with E-state index in [1.807, 2.05) is 26.0 Å². The maximum Gasteiger partial charge on any atom is 0.267 e. The molecular formula is C12H12N2O2. The molecule has 1 aromatic heterocycles. The zero-order chi connectivity index (χ0) is 11.5. The Kier molecular flexibility index (Phi) is 2.72. The second-order valence-electron chi connectivity index (χ2n) is 3.71. The molecular weight excluding hydrogens is 204 g/mol. The lowest BCUT2D eigenvalue weighted by Crippen LogP contribution is -2.05. The lowest BCUT2D eigenvalue weighted by atomic mass is 10.1. The van der Waals surface area contributed by atoms with Crippen LogP contribution in [0.25, 0.3) is 0 Å². The van der Waals surface area contributed by atoms with E-state index >= 15 is 0 Å². The minimum absolute atomic E-state index is 0.276. The molecule has 0 unspecified atom stereocenters. The highest BCUT2D eigenvalue weighted by Crippen LogP contribution is 2.21. The summed E-state index contributed by atoms with van der Waals surface area (Å²) < 4.78 is 5.54. The Bertz CT molecular complexity index is 541. The molecule has 0 amide bonds. The SMILES string of the molecule is Cc1cc(C)cc(Oc2cn[nH]c(=O)c2)c1. The number of H-pyrrole nitrogens is 1. The molecule has 4 heteroatoms. The predicted molar refractivity (Wildman–Crippen MR) is 60.8 cm³/mol. The largest absolute Gasteiger partial charge is 0.455 e. The van der Waals surface area contributed by atoms with E-state index in [0.29, 0.717) is 11.5 Å². The van der Waals surface area contributed by atoms with Crippen LogP contribution in [0.4, 0.5) is 0 Å². The van der Waals surface area contributed by atoms with E-state index in [1.54, 1.807) is 0 Å². The third-order valence-electron chi connectivity index (χ3n) is 2.07. The van der Waals surface area contributed by atoms with Gasteiger partial charge in [0.25, 0.3) is 5.56 Å². The zero-order valence-corrected chi connectivity index (χ0v) is 9.15. The van der Waals surface area contributed by atoms with Gasteiger partial charge in [0.05, 0.1) is 6.20 Å². The van der Waals surface area contributed by atoms with Crippen LogP contribution in [0.3, 0.4) is 0 Å². The van der Waals surface area contributed by atoms with Gasteiger partial charge in [0.15, 0.2) is 5.75 Å². The lowest BCUT2D eigenvalue weighted by Gasteiger charge is -2.06. The molecule has 0 spiro atoms. The van der Waals surface area contributed by atoms with Crippen LogP contribution in [0.15, 0.2) is 35.3 Å². The molecule has 0 aliphatic heterocycles. The molecule has 4 nitrogen and oxygen atoms in total. The van der Waals surface area contributed by atoms with Crippen molar-refractivity contribution >= 4 is 0 Å². The summed E-state index contributed by atoms with van der Waals surface area (Å²) in [6.07, 6.45) is 1.47. The van der Waals surface area contributed by atoms with Crippen LogP contribution in [0.2, 0.25) is 0 Å². The van der Waals surface area contributed by atoms with Gasteiger partial charge in [0, 0.05) is 6.07 Å².